The van der Waals surface area contributed by atoms with E-state index >= 15 is 0 Å². The fourth-order valence-corrected chi connectivity index (χ4v) is 1.79. The van der Waals surface area contributed by atoms with Crippen LogP contribution in [0.5, 0.6) is 0 Å². The Bertz CT molecular complexity index is 522. The van der Waals surface area contributed by atoms with Crippen molar-refractivity contribution < 1.29 is 9.90 Å². The van der Waals surface area contributed by atoms with Gasteiger partial charge in [0, 0.05) is 21.9 Å². The molecule has 82 valence electrons. The van der Waals surface area contributed by atoms with E-state index in [2.05, 4.69) is 25.9 Å². The number of hydrogen-bond acceptors (Lipinski definition) is 2. The van der Waals surface area contributed by atoms with Crippen molar-refractivity contribution in [1.29, 1.82) is 0 Å². The molecule has 0 bridgehead atoms. The predicted molar refractivity (Wildman–Crippen MR) is 63.1 cm³/mol. The number of halogens is 1. The van der Waals surface area contributed by atoms with Crippen molar-refractivity contribution in [3.05, 3.63) is 40.6 Å². The van der Waals surface area contributed by atoms with Crippen LogP contribution in [0.2, 0.25) is 0 Å². The summed E-state index contributed by atoms with van der Waals surface area (Å²) in [5.74, 6) is -0.193. The van der Waals surface area contributed by atoms with Gasteiger partial charge in [-0.15, -0.1) is 0 Å². The summed E-state index contributed by atoms with van der Waals surface area (Å²) in [4.78, 5) is 17.6. The first-order valence-electron chi connectivity index (χ1n) is 4.67. The molecule has 1 aromatic heterocycles. The second-order valence-electron chi connectivity index (χ2n) is 3.34. The van der Waals surface area contributed by atoms with Crippen molar-refractivity contribution in [2.24, 2.45) is 0 Å². The van der Waals surface area contributed by atoms with Gasteiger partial charge in [0.15, 0.2) is 0 Å². The van der Waals surface area contributed by atoms with Crippen molar-refractivity contribution in [2.45, 2.75) is 6.42 Å². The zero-order chi connectivity index (χ0) is 11.5. The molecule has 1 heterocycles. The van der Waals surface area contributed by atoms with E-state index in [1.54, 1.807) is 6.20 Å². The molecule has 0 spiro atoms. The van der Waals surface area contributed by atoms with E-state index in [0.29, 0.717) is 11.5 Å². The Labute approximate surface area is 100 Å². The molecule has 0 saturated carbocycles. The van der Waals surface area contributed by atoms with Gasteiger partial charge in [0.1, 0.15) is 5.82 Å². The third kappa shape index (κ3) is 2.49. The third-order valence-corrected chi connectivity index (χ3v) is 2.56. The molecule has 5 heteroatoms. The smallest absolute Gasteiger partial charge is 0.309 e. The second-order valence-corrected chi connectivity index (χ2v) is 4.25. The predicted octanol–water partition coefficient (Wildman–Crippen LogP) is 2.47. The normalized spacial score (nSPS) is 10.3. The molecule has 0 radical (unpaired) electrons. The zero-order valence-corrected chi connectivity index (χ0v) is 9.86. The Kier molecular flexibility index (Phi) is 3.05. The summed E-state index contributed by atoms with van der Waals surface area (Å²) in [6.07, 6.45) is 1.51. The van der Waals surface area contributed by atoms with E-state index in [0.717, 1.165) is 10.0 Å². The number of nitrogens with zero attached hydrogens (tertiary/aromatic N) is 1. The SMILES string of the molecule is O=C(O)Cc1cnc(-c2cccc(Br)c2)[nH]1. The molecule has 16 heavy (non-hydrogen) atoms. The number of aliphatic carboxylic acids is 1. The van der Waals surface area contributed by atoms with Gasteiger partial charge in [-0.05, 0) is 12.1 Å². The Balaban J connectivity index is 2.28. The number of hydrogen-bond donors (Lipinski definition) is 2. The minimum Gasteiger partial charge on any atom is -0.481 e. The lowest BCUT2D eigenvalue weighted by molar-refractivity contribution is -0.136. The molecule has 0 fully saturated rings. The molecule has 2 rings (SSSR count). The fourth-order valence-electron chi connectivity index (χ4n) is 1.39. The lowest BCUT2D eigenvalue weighted by Crippen LogP contribution is -1.99. The molecular formula is C11H9BrN2O2. The minimum atomic E-state index is -0.871. The van der Waals surface area contributed by atoms with Gasteiger partial charge in [-0.1, -0.05) is 28.1 Å². The van der Waals surface area contributed by atoms with Crippen LogP contribution < -0.4 is 0 Å². The van der Waals surface area contributed by atoms with Gasteiger partial charge in [-0.3, -0.25) is 4.79 Å². The Morgan fingerprint density at radius 3 is 3.00 bits per heavy atom. The number of nitrogens with one attached hydrogen (secondary N) is 1. The van der Waals surface area contributed by atoms with Gasteiger partial charge < -0.3 is 10.1 Å². The Morgan fingerprint density at radius 1 is 1.50 bits per heavy atom. The highest BCUT2D eigenvalue weighted by molar-refractivity contribution is 9.10. The van der Waals surface area contributed by atoms with Gasteiger partial charge >= 0.3 is 5.97 Å². The van der Waals surface area contributed by atoms with Crippen molar-refractivity contribution in [1.82, 2.24) is 9.97 Å². The minimum absolute atomic E-state index is 0.0407. The summed E-state index contributed by atoms with van der Waals surface area (Å²) in [6, 6.07) is 7.65. The summed E-state index contributed by atoms with van der Waals surface area (Å²) in [7, 11) is 0. The number of benzene rings is 1. The van der Waals surface area contributed by atoms with E-state index in [4.69, 9.17) is 5.11 Å². The maximum atomic E-state index is 10.5. The quantitative estimate of drug-likeness (QED) is 0.908. The monoisotopic (exact) mass is 280 g/mol. The summed E-state index contributed by atoms with van der Waals surface area (Å²) in [6.45, 7) is 0. The first-order chi connectivity index (χ1) is 7.65. The van der Waals surface area contributed by atoms with Crippen molar-refractivity contribution in [3.8, 4) is 11.4 Å². The molecule has 0 amide bonds. The summed E-state index contributed by atoms with van der Waals surface area (Å²) >= 11 is 3.37. The number of carboxylic acid groups (broad SMARTS) is 1. The maximum Gasteiger partial charge on any atom is 0.309 e. The molecule has 0 saturated heterocycles. The van der Waals surface area contributed by atoms with Gasteiger partial charge in [0.2, 0.25) is 0 Å². The van der Waals surface area contributed by atoms with E-state index in [9.17, 15) is 4.79 Å². The van der Waals surface area contributed by atoms with Gasteiger partial charge in [-0.25, -0.2) is 4.98 Å². The van der Waals surface area contributed by atoms with Gasteiger partial charge in [0.05, 0.1) is 6.42 Å². The standard InChI is InChI=1S/C11H9BrN2O2/c12-8-3-1-2-7(4-8)11-13-6-9(14-11)5-10(15)16/h1-4,6H,5H2,(H,13,14)(H,15,16). The first kappa shape index (κ1) is 10.9. The van der Waals surface area contributed by atoms with E-state index in [-0.39, 0.29) is 6.42 Å². The van der Waals surface area contributed by atoms with Gasteiger partial charge in [-0.2, -0.15) is 0 Å². The molecule has 0 atom stereocenters. The van der Waals surface area contributed by atoms with E-state index < -0.39 is 5.97 Å². The number of aromatic nitrogens is 2. The lowest BCUT2D eigenvalue weighted by Gasteiger charge is -1.97. The van der Waals surface area contributed by atoms with Crippen LogP contribution >= 0.6 is 15.9 Å². The fraction of sp³-hybridized carbons (Fsp3) is 0.0909. The van der Waals surface area contributed by atoms with Crippen LogP contribution in [0.1, 0.15) is 5.69 Å². The highest BCUT2D eigenvalue weighted by Crippen LogP contribution is 2.20. The van der Waals surface area contributed by atoms with Crippen molar-refractivity contribution in [2.75, 3.05) is 0 Å². The average Bonchev–Trinajstić information content (AvgIpc) is 2.65. The molecule has 0 aliphatic carbocycles. The van der Waals surface area contributed by atoms with Crippen LogP contribution in [0.25, 0.3) is 11.4 Å². The highest BCUT2D eigenvalue weighted by Gasteiger charge is 2.06. The molecule has 1 aromatic carbocycles. The molecule has 0 unspecified atom stereocenters. The van der Waals surface area contributed by atoms with Gasteiger partial charge in [0.25, 0.3) is 0 Å². The Morgan fingerprint density at radius 2 is 2.31 bits per heavy atom. The average molecular weight is 281 g/mol. The highest BCUT2D eigenvalue weighted by atomic mass is 79.9. The summed E-state index contributed by atoms with van der Waals surface area (Å²) in [5.41, 5.74) is 1.52. The maximum absolute atomic E-state index is 10.5. The number of imidazole rings is 1. The number of carbonyl (C=O) groups is 1. The number of carboxylic acids is 1. The van der Waals surface area contributed by atoms with E-state index in [1.165, 1.54) is 0 Å². The molecule has 2 aromatic rings. The number of H-pyrrole nitrogens is 1. The molecule has 0 aliphatic heterocycles. The van der Waals surface area contributed by atoms with Crippen LogP contribution in [0.3, 0.4) is 0 Å². The van der Waals surface area contributed by atoms with Crippen LogP contribution in [0.4, 0.5) is 0 Å². The summed E-state index contributed by atoms with van der Waals surface area (Å²) in [5, 5.41) is 8.64. The zero-order valence-electron chi connectivity index (χ0n) is 8.27. The topological polar surface area (TPSA) is 66.0 Å². The first-order valence-corrected chi connectivity index (χ1v) is 5.46. The second kappa shape index (κ2) is 4.49. The Hall–Kier alpha value is -1.62. The van der Waals surface area contributed by atoms with E-state index in [1.807, 2.05) is 24.3 Å². The molecular weight excluding hydrogens is 272 g/mol. The third-order valence-electron chi connectivity index (χ3n) is 2.07. The van der Waals surface area contributed by atoms with Crippen LogP contribution in [-0.4, -0.2) is 21.0 Å². The molecule has 2 N–H and O–H groups in total. The number of aromatic amines is 1. The summed E-state index contributed by atoms with van der Waals surface area (Å²) < 4.78 is 0.959. The largest absolute Gasteiger partial charge is 0.481 e. The van der Waals surface area contributed by atoms with Crippen LogP contribution in [0, 0.1) is 0 Å². The molecule has 4 nitrogen and oxygen atoms in total. The number of rotatable bonds is 3. The molecule has 0 aliphatic rings. The van der Waals surface area contributed by atoms with Crippen molar-refractivity contribution in [3.63, 3.8) is 0 Å². The lowest BCUT2D eigenvalue weighted by atomic mass is 10.2. The van der Waals surface area contributed by atoms with Crippen molar-refractivity contribution >= 4 is 21.9 Å². The van der Waals surface area contributed by atoms with Crippen LogP contribution in [0.15, 0.2) is 34.9 Å². The van der Waals surface area contributed by atoms with Crippen LogP contribution in [-0.2, 0) is 11.2 Å².